The highest BCUT2D eigenvalue weighted by molar-refractivity contribution is 4.77. The van der Waals surface area contributed by atoms with Crippen molar-refractivity contribution in [2.75, 3.05) is 6.61 Å². The lowest BCUT2D eigenvalue weighted by Crippen LogP contribution is -2.33. The van der Waals surface area contributed by atoms with E-state index < -0.39 is 5.60 Å². The Hall–Kier alpha value is -0.0800. The lowest BCUT2D eigenvalue weighted by atomic mass is 9.91. The van der Waals surface area contributed by atoms with Gasteiger partial charge in [-0.1, -0.05) is 52.4 Å². The first-order valence-corrected chi connectivity index (χ1v) is 6.01. The molecule has 0 radical (unpaired) electrons. The Kier molecular flexibility index (Phi) is 8.20. The first-order valence-electron chi connectivity index (χ1n) is 6.01. The summed E-state index contributed by atoms with van der Waals surface area (Å²) in [5.41, 5.74) is -0.801. The predicted octanol–water partition coefficient (Wildman–Crippen LogP) is 2.87. The topological polar surface area (TPSA) is 40.5 Å². The fourth-order valence-corrected chi connectivity index (χ4v) is 1.69. The van der Waals surface area contributed by atoms with Crippen LogP contribution in [0.5, 0.6) is 0 Å². The Morgan fingerprint density at radius 3 is 1.57 bits per heavy atom. The largest absolute Gasteiger partial charge is 0.393 e. The summed E-state index contributed by atoms with van der Waals surface area (Å²) in [6.07, 6.45) is 8.18. The van der Waals surface area contributed by atoms with E-state index in [1.54, 1.807) is 0 Å². The smallest absolute Gasteiger partial charge is 0.0877 e. The molecule has 0 aromatic rings. The summed E-state index contributed by atoms with van der Waals surface area (Å²) < 4.78 is 0. The fourth-order valence-electron chi connectivity index (χ4n) is 1.69. The van der Waals surface area contributed by atoms with E-state index in [1.165, 1.54) is 0 Å². The van der Waals surface area contributed by atoms with Gasteiger partial charge in [-0.2, -0.15) is 0 Å². The van der Waals surface area contributed by atoms with E-state index in [2.05, 4.69) is 13.8 Å². The first-order chi connectivity index (χ1) is 6.68. The summed E-state index contributed by atoms with van der Waals surface area (Å²) in [4.78, 5) is 0. The van der Waals surface area contributed by atoms with Gasteiger partial charge < -0.3 is 10.2 Å². The zero-order chi connectivity index (χ0) is 10.9. The number of hydrogen-bond acceptors (Lipinski definition) is 2. The van der Waals surface area contributed by atoms with Crippen LogP contribution in [-0.2, 0) is 0 Å². The van der Waals surface area contributed by atoms with Crippen LogP contribution in [0.1, 0.15) is 65.2 Å². The molecule has 0 aromatic heterocycles. The number of rotatable bonds is 9. The van der Waals surface area contributed by atoms with E-state index in [9.17, 15) is 5.11 Å². The molecule has 0 saturated carbocycles. The molecule has 0 amide bonds. The zero-order valence-electron chi connectivity index (χ0n) is 9.76. The summed E-state index contributed by atoms with van der Waals surface area (Å²) in [6.45, 7) is 4.21. The maximum absolute atomic E-state index is 10.0. The van der Waals surface area contributed by atoms with Crippen molar-refractivity contribution in [1.82, 2.24) is 0 Å². The van der Waals surface area contributed by atoms with E-state index in [0.717, 1.165) is 51.4 Å². The van der Waals surface area contributed by atoms with Crippen LogP contribution in [0.25, 0.3) is 0 Å². The third kappa shape index (κ3) is 6.39. The molecule has 2 N–H and O–H groups in total. The molecule has 0 fully saturated rings. The SMILES string of the molecule is CCCCCC(O)(CO)CCCCC. The maximum atomic E-state index is 10.0. The number of hydrogen-bond donors (Lipinski definition) is 2. The van der Waals surface area contributed by atoms with Crippen LogP contribution >= 0.6 is 0 Å². The molecule has 2 heteroatoms. The van der Waals surface area contributed by atoms with Gasteiger partial charge in [-0.25, -0.2) is 0 Å². The summed E-state index contributed by atoms with van der Waals surface area (Å²) in [6, 6.07) is 0. The van der Waals surface area contributed by atoms with Crippen molar-refractivity contribution in [3.8, 4) is 0 Å². The van der Waals surface area contributed by atoms with Gasteiger partial charge in [0.2, 0.25) is 0 Å². The van der Waals surface area contributed by atoms with E-state index in [4.69, 9.17) is 5.11 Å². The van der Waals surface area contributed by atoms with Gasteiger partial charge in [-0.05, 0) is 12.8 Å². The van der Waals surface area contributed by atoms with E-state index in [-0.39, 0.29) is 6.61 Å². The van der Waals surface area contributed by atoms with Crippen molar-refractivity contribution in [2.24, 2.45) is 0 Å². The van der Waals surface area contributed by atoms with Gasteiger partial charge in [-0.3, -0.25) is 0 Å². The second-order valence-corrected chi connectivity index (χ2v) is 4.30. The van der Waals surface area contributed by atoms with Crippen molar-refractivity contribution >= 4 is 0 Å². The van der Waals surface area contributed by atoms with E-state index in [0.29, 0.717) is 0 Å². The van der Waals surface area contributed by atoms with Crippen molar-refractivity contribution in [3.63, 3.8) is 0 Å². The lowest BCUT2D eigenvalue weighted by molar-refractivity contribution is -0.0313. The summed E-state index contributed by atoms with van der Waals surface area (Å²) in [5.74, 6) is 0. The quantitative estimate of drug-likeness (QED) is 0.564. The van der Waals surface area contributed by atoms with Crippen LogP contribution in [0.4, 0.5) is 0 Å². The number of aliphatic hydroxyl groups excluding tert-OH is 1. The average Bonchev–Trinajstić information content (AvgIpc) is 2.19. The van der Waals surface area contributed by atoms with E-state index >= 15 is 0 Å². The second kappa shape index (κ2) is 8.25. The van der Waals surface area contributed by atoms with Crippen molar-refractivity contribution in [1.29, 1.82) is 0 Å². The Bertz CT molecular complexity index is 113. The summed E-state index contributed by atoms with van der Waals surface area (Å²) in [5, 5.41) is 19.2. The van der Waals surface area contributed by atoms with Crippen molar-refractivity contribution < 1.29 is 10.2 Å². The van der Waals surface area contributed by atoms with E-state index in [1.807, 2.05) is 0 Å². The second-order valence-electron chi connectivity index (χ2n) is 4.30. The van der Waals surface area contributed by atoms with Gasteiger partial charge in [0.05, 0.1) is 12.2 Å². The highest BCUT2D eigenvalue weighted by Gasteiger charge is 2.24. The minimum Gasteiger partial charge on any atom is -0.393 e. The third-order valence-electron chi connectivity index (χ3n) is 2.79. The molecule has 0 atom stereocenters. The highest BCUT2D eigenvalue weighted by Crippen LogP contribution is 2.21. The molecule has 0 heterocycles. The van der Waals surface area contributed by atoms with Crippen LogP contribution in [0.2, 0.25) is 0 Å². The molecule has 0 spiro atoms. The molecule has 14 heavy (non-hydrogen) atoms. The molecule has 86 valence electrons. The molecule has 0 rings (SSSR count). The molecular weight excluding hydrogens is 176 g/mol. The summed E-state index contributed by atoms with van der Waals surface area (Å²) >= 11 is 0. The predicted molar refractivity (Wildman–Crippen MR) is 60.3 cm³/mol. The van der Waals surface area contributed by atoms with Crippen molar-refractivity contribution in [2.45, 2.75) is 70.8 Å². The molecule has 0 saturated heterocycles. The van der Waals surface area contributed by atoms with Crippen LogP contribution in [-0.4, -0.2) is 22.4 Å². The average molecular weight is 202 g/mol. The highest BCUT2D eigenvalue weighted by atomic mass is 16.3. The van der Waals surface area contributed by atoms with Gasteiger partial charge in [-0.15, -0.1) is 0 Å². The molecule has 0 aliphatic heterocycles. The van der Waals surface area contributed by atoms with Crippen LogP contribution in [0, 0.1) is 0 Å². The first kappa shape index (κ1) is 13.9. The zero-order valence-corrected chi connectivity index (χ0v) is 9.76. The normalized spacial score (nSPS) is 12.0. The molecule has 0 aromatic carbocycles. The molecule has 0 aliphatic carbocycles. The minimum atomic E-state index is -0.801. The molecular formula is C12H26O2. The standard InChI is InChI=1S/C12H26O2/c1-3-5-7-9-12(14,11-13)10-8-6-4-2/h13-14H,3-11H2,1-2H3. The Morgan fingerprint density at radius 1 is 0.857 bits per heavy atom. The molecule has 2 nitrogen and oxygen atoms in total. The molecule has 0 bridgehead atoms. The van der Waals surface area contributed by atoms with Gasteiger partial charge >= 0.3 is 0 Å². The van der Waals surface area contributed by atoms with Crippen molar-refractivity contribution in [3.05, 3.63) is 0 Å². The number of aliphatic hydroxyl groups is 2. The Balaban J connectivity index is 3.67. The van der Waals surface area contributed by atoms with Gasteiger partial charge in [0.25, 0.3) is 0 Å². The molecule has 0 aliphatic rings. The van der Waals surface area contributed by atoms with Gasteiger partial charge in [0.1, 0.15) is 0 Å². The van der Waals surface area contributed by atoms with Gasteiger partial charge in [0.15, 0.2) is 0 Å². The summed E-state index contributed by atoms with van der Waals surface area (Å²) in [7, 11) is 0. The monoisotopic (exact) mass is 202 g/mol. The lowest BCUT2D eigenvalue weighted by Gasteiger charge is -2.25. The Labute approximate surface area is 88.3 Å². The Morgan fingerprint density at radius 2 is 1.29 bits per heavy atom. The molecule has 0 unspecified atom stereocenters. The van der Waals surface area contributed by atoms with Crippen LogP contribution in [0.3, 0.4) is 0 Å². The van der Waals surface area contributed by atoms with Crippen LogP contribution in [0.15, 0.2) is 0 Å². The third-order valence-corrected chi connectivity index (χ3v) is 2.79. The maximum Gasteiger partial charge on any atom is 0.0877 e. The van der Waals surface area contributed by atoms with Gasteiger partial charge in [0, 0.05) is 0 Å². The fraction of sp³-hybridized carbons (Fsp3) is 1.00. The minimum absolute atomic E-state index is 0.0829. The van der Waals surface area contributed by atoms with Crippen LogP contribution < -0.4 is 0 Å². The number of unbranched alkanes of at least 4 members (excludes halogenated alkanes) is 4.